The Hall–Kier alpha value is -0.420. The zero-order chi connectivity index (χ0) is 38.9. The fourth-order valence-electron chi connectivity index (χ4n) is 8.74. The molecule has 0 radical (unpaired) electrons. The quantitative estimate of drug-likeness (QED) is 0.0333. The molecule has 0 saturated carbocycles. The fourth-order valence-corrected chi connectivity index (χ4v) is 8.74. The molecule has 0 heterocycles. The van der Waals surface area contributed by atoms with Crippen molar-refractivity contribution < 1.29 is 17.9 Å². The van der Waals surface area contributed by atoms with E-state index in [1.807, 2.05) is 0 Å². The predicted molar refractivity (Wildman–Crippen MR) is 237 cm³/mol. The lowest BCUT2D eigenvalue weighted by Crippen LogP contribution is -2.54. The molecule has 0 aromatic rings. The van der Waals surface area contributed by atoms with Crippen LogP contribution in [-0.4, -0.2) is 126 Å². The molecule has 0 bridgehead atoms. The Balaban J connectivity index is 5.10. The third-order valence-corrected chi connectivity index (χ3v) is 12.6. The summed E-state index contributed by atoms with van der Waals surface area (Å²) in [5.74, 6) is 0. The summed E-state index contributed by atoms with van der Waals surface area (Å²) in [6, 6.07) is 0. The zero-order valence-corrected chi connectivity index (χ0v) is 38.2. The average molecular weight is 737 g/mol. The van der Waals surface area contributed by atoms with Crippen molar-refractivity contribution in [2.75, 3.05) is 108 Å². The van der Waals surface area contributed by atoms with Gasteiger partial charge in [0.25, 0.3) is 0 Å². The number of nitrogens with zero attached hydrogens (tertiary/aromatic N) is 4. The van der Waals surface area contributed by atoms with Gasteiger partial charge in [0.1, 0.15) is 0 Å². The first-order valence-electron chi connectivity index (χ1n) is 23.8. The highest BCUT2D eigenvalue weighted by Crippen LogP contribution is 2.18. The minimum Gasteiger partial charge on any atom is -0.328 e. The molecule has 0 unspecified atom stereocenters. The Morgan fingerprint density at radius 2 is 0.500 bits per heavy atom. The number of quaternary nitrogens is 4. The third-order valence-electron chi connectivity index (χ3n) is 12.6. The van der Waals surface area contributed by atoms with Crippen LogP contribution in [0.15, 0.2) is 12.7 Å². The van der Waals surface area contributed by atoms with Gasteiger partial charge in [-0.3, -0.25) is 0 Å². The number of unbranched alkanes of at least 4 members (excludes halogenated alkanes) is 21. The summed E-state index contributed by atoms with van der Waals surface area (Å²) in [4.78, 5) is 0. The average Bonchev–Trinajstić information content (AvgIpc) is 3.08. The molecule has 0 amide bonds. The molecule has 0 aromatic heterocycles. The molecular weight excluding hydrogens is 633 g/mol. The van der Waals surface area contributed by atoms with Crippen LogP contribution in [0.25, 0.3) is 0 Å². The SMILES string of the molecule is C=CC[N+](CCC[N+](C)(C)CCCCCCCCCC)(CCC[N+](C)(C)CCCCCCCCCC)CCC[N+](C)(C)CCCCCCCCCC. The van der Waals surface area contributed by atoms with E-state index >= 15 is 0 Å². The lowest BCUT2D eigenvalue weighted by Gasteiger charge is -2.41. The lowest BCUT2D eigenvalue weighted by molar-refractivity contribution is -0.942. The van der Waals surface area contributed by atoms with Crippen molar-refractivity contribution in [3.05, 3.63) is 12.7 Å². The van der Waals surface area contributed by atoms with Crippen LogP contribution in [0, 0.1) is 0 Å². The summed E-state index contributed by atoms with van der Waals surface area (Å²) in [5.41, 5.74) is 0. The van der Waals surface area contributed by atoms with E-state index in [1.54, 1.807) is 0 Å². The Morgan fingerprint density at radius 3 is 0.731 bits per heavy atom. The van der Waals surface area contributed by atoms with Crippen LogP contribution in [0.2, 0.25) is 0 Å². The second kappa shape index (κ2) is 32.8. The third kappa shape index (κ3) is 31.9. The largest absolute Gasteiger partial charge is 0.328 e. The Kier molecular flexibility index (Phi) is 32.5. The highest BCUT2D eigenvalue weighted by molar-refractivity contribution is 4.67. The molecule has 4 nitrogen and oxygen atoms in total. The molecule has 0 spiro atoms. The van der Waals surface area contributed by atoms with Gasteiger partial charge >= 0.3 is 0 Å². The maximum Gasteiger partial charge on any atom is 0.0971 e. The van der Waals surface area contributed by atoms with Gasteiger partial charge in [-0.25, -0.2) is 0 Å². The molecule has 52 heavy (non-hydrogen) atoms. The van der Waals surface area contributed by atoms with E-state index in [-0.39, 0.29) is 0 Å². The van der Waals surface area contributed by atoms with Gasteiger partial charge in [0.15, 0.2) is 0 Å². The maximum atomic E-state index is 4.33. The monoisotopic (exact) mass is 737 g/mol. The van der Waals surface area contributed by atoms with Crippen LogP contribution in [0.5, 0.6) is 0 Å². The van der Waals surface area contributed by atoms with Crippen molar-refractivity contribution in [3.63, 3.8) is 0 Å². The molecular formula is C48H104N4+4. The van der Waals surface area contributed by atoms with E-state index in [2.05, 4.69) is 75.7 Å². The zero-order valence-electron chi connectivity index (χ0n) is 38.2. The molecule has 4 heteroatoms. The van der Waals surface area contributed by atoms with Gasteiger partial charge in [0, 0.05) is 19.3 Å². The van der Waals surface area contributed by atoms with Crippen molar-refractivity contribution in [1.29, 1.82) is 0 Å². The van der Waals surface area contributed by atoms with Crippen LogP contribution < -0.4 is 0 Å². The Labute approximate surface area is 331 Å². The van der Waals surface area contributed by atoms with Crippen molar-refractivity contribution >= 4 is 0 Å². The summed E-state index contributed by atoms with van der Waals surface area (Å²) in [6.07, 6.45) is 40.3. The molecule has 0 atom stereocenters. The van der Waals surface area contributed by atoms with Crippen LogP contribution in [0.4, 0.5) is 0 Å². The molecule has 0 N–H and O–H groups in total. The van der Waals surface area contributed by atoms with Crippen LogP contribution in [-0.2, 0) is 0 Å². The van der Waals surface area contributed by atoms with Gasteiger partial charge in [-0.15, -0.1) is 0 Å². The first-order chi connectivity index (χ1) is 24.9. The van der Waals surface area contributed by atoms with E-state index in [9.17, 15) is 0 Å². The molecule has 0 saturated heterocycles. The Bertz CT molecular complexity index is 679. The molecule has 0 aliphatic heterocycles. The highest BCUT2D eigenvalue weighted by atomic mass is 15.4. The fraction of sp³-hybridized carbons (Fsp3) is 0.958. The predicted octanol–water partition coefficient (Wildman–Crippen LogP) is 12.8. The van der Waals surface area contributed by atoms with Crippen LogP contribution in [0.1, 0.15) is 194 Å². The normalized spacial score (nSPS) is 12.9. The standard InChI is InChI=1S/C48H104N4/c1-11-15-18-21-24-27-30-33-40-49(5,6)43-36-46-52(39-14-4,47-37-44-50(7,8)41-34-31-28-25-22-19-16-12-2)48-38-45-51(9,10)42-35-32-29-26-23-20-17-13-3/h14H,4,11-13,15-48H2,1-3,5-10H3/q+4. The topological polar surface area (TPSA) is 0 Å². The molecule has 0 aliphatic carbocycles. The summed E-state index contributed by atoms with van der Waals surface area (Å²) >= 11 is 0. The van der Waals surface area contributed by atoms with Crippen molar-refractivity contribution in [2.24, 2.45) is 0 Å². The van der Waals surface area contributed by atoms with Gasteiger partial charge in [0.2, 0.25) is 0 Å². The number of hydrogen-bond acceptors (Lipinski definition) is 0. The minimum atomic E-state index is 1.14. The second-order valence-electron chi connectivity index (χ2n) is 19.6. The second-order valence-corrected chi connectivity index (χ2v) is 19.6. The lowest BCUT2D eigenvalue weighted by atomic mass is 10.1. The van der Waals surface area contributed by atoms with Crippen LogP contribution in [0.3, 0.4) is 0 Å². The van der Waals surface area contributed by atoms with E-state index in [4.69, 9.17) is 0 Å². The summed E-state index contributed by atoms with van der Waals surface area (Å²) < 4.78 is 4.83. The molecule has 0 rings (SSSR count). The van der Waals surface area contributed by atoms with Gasteiger partial charge in [0.05, 0.1) is 108 Å². The molecule has 0 aromatic carbocycles. The van der Waals surface area contributed by atoms with Crippen LogP contribution >= 0.6 is 0 Å². The van der Waals surface area contributed by atoms with E-state index in [0.29, 0.717) is 0 Å². The van der Waals surface area contributed by atoms with Gasteiger partial charge < -0.3 is 17.9 Å². The number of rotatable bonds is 41. The number of hydrogen-bond donors (Lipinski definition) is 0. The first kappa shape index (κ1) is 51.6. The van der Waals surface area contributed by atoms with Gasteiger partial charge in [-0.05, 0) is 44.6 Å². The molecule has 312 valence electrons. The molecule has 0 fully saturated rings. The highest BCUT2D eigenvalue weighted by Gasteiger charge is 2.30. The minimum absolute atomic E-state index is 1.14. The van der Waals surface area contributed by atoms with Crippen molar-refractivity contribution in [1.82, 2.24) is 0 Å². The summed E-state index contributed by atoms with van der Waals surface area (Å²) in [6.45, 7) is 24.3. The molecule has 0 aliphatic rings. The van der Waals surface area contributed by atoms with Crippen molar-refractivity contribution in [2.45, 2.75) is 194 Å². The van der Waals surface area contributed by atoms with Gasteiger partial charge in [-0.1, -0.05) is 143 Å². The van der Waals surface area contributed by atoms with Crippen molar-refractivity contribution in [3.8, 4) is 0 Å². The van der Waals surface area contributed by atoms with Gasteiger partial charge in [-0.2, -0.15) is 0 Å². The van der Waals surface area contributed by atoms with E-state index in [1.165, 1.54) is 250 Å². The smallest absolute Gasteiger partial charge is 0.0971 e. The van der Waals surface area contributed by atoms with E-state index < -0.39 is 0 Å². The summed E-state index contributed by atoms with van der Waals surface area (Å²) in [5, 5.41) is 0. The first-order valence-corrected chi connectivity index (χ1v) is 23.8. The maximum absolute atomic E-state index is 4.33. The Morgan fingerprint density at radius 1 is 0.288 bits per heavy atom. The van der Waals surface area contributed by atoms with E-state index in [0.717, 1.165) is 6.54 Å². The summed E-state index contributed by atoms with van der Waals surface area (Å²) in [7, 11) is 15.0.